The van der Waals surface area contributed by atoms with E-state index in [2.05, 4.69) is 10.6 Å². The fourth-order valence-electron chi connectivity index (χ4n) is 2.90. The number of nitrogens with zero attached hydrogens (tertiary/aromatic N) is 1. The van der Waals surface area contributed by atoms with Gasteiger partial charge < -0.3 is 24.8 Å². The van der Waals surface area contributed by atoms with Gasteiger partial charge in [0.05, 0.1) is 48.5 Å². The van der Waals surface area contributed by atoms with Crippen LogP contribution in [0.5, 0.6) is 11.5 Å². The van der Waals surface area contributed by atoms with Crippen LogP contribution >= 0.6 is 0 Å². The van der Waals surface area contributed by atoms with Crippen molar-refractivity contribution in [3.05, 3.63) is 39.1 Å². The molecule has 1 unspecified atom stereocenters. The van der Waals surface area contributed by atoms with E-state index in [1.54, 1.807) is 6.92 Å². The maximum Gasteiger partial charge on any atom is 0.338 e. The molecule has 1 atom stereocenters. The molecular formula is C19H25N3O7. The summed E-state index contributed by atoms with van der Waals surface area (Å²) in [5.41, 5.74) is 0.112. The van der Waals surface area contributed by atoms with Gasteiger partial charge in [-0.05, 0) is 25.8 Å². The van der Waals surface area contributed by atoms with Gasteiger partial charge in [0.25, 0.3) is 5.69 Å². The Hall–Kier alpha value is -3.30. The molecule has 0 aliphatic carbocycles. The molecule has 1 aromatic carbocycles. The Morgan fingerprint density at radius 2 is 2.00 bits per heavy atom. The molecule has 1 aromatic rings. The number of nitro benzene ring substituents is 1. The normalized spacial score (nSPS) is 16.2. The molecule has 10 nitrogen and oxygen atoms in total. The van der Waals surface area contributed by atoms with Crippen LogP contribution in [0.3, 0.4) is 0 Å². The lowest BCUT2D eigenvalue weighted by Gasteiger charge is -2.28. The molecule has 10 heteroatoms. The van der Waals surface area contributed by atoms with E-state index < -0.39 is 23.0 Å². The molecule has 1 heterocycles. The van der Waals surface area contributed by atoms with E-state index in [4.69, 9.17) is 14.2 Å². The fraction of sp³-hybridized carbons (Fsp3) is 0.474. The molecule has 0 saturated heterocycles. The first-order valence-electron chi connectivity index (χ1n) is 9.14. The van der Waals surface area contributed by atoms with E-state index in [1.807, 2.05) is 13.8 Å². The Kier molecular flexibility index (Phi) is 7.03. The molecule has 2 amide bonds. The first-order valence-corrected chi connectivity index (χ1v) is 9.14. The summed E-state index contributed by atoms with van der Waals surface area (Å²) in [6.07, 6.45) is 0. The van der Waals surface area contributed by atoms with Crippen molar-refractivity contribution in [2.24, 2.45) is 5.92 Å². The van der Waals surface area contributed by atoms with Gasteiger partial charge in [-0.2, -0.15) is 0 Å². The SMILES string of the molecule is CCOc1cc(C2NC(=O)NC(C)=C2C(=O)OCC(C)C)c([N+](=O)[O-])cc1OC. The Bertz CT molecular complexity index is 848. The number of ether oxygens (including phenoxy) is 3. The van der Waals surface area contributed by atoms with Gasteiger partial charge in [0.1, 0.15) is 0 Å². The van der Waals surface area contributed by atoms with Crippen LogP contribution in [0, 0.1) is 16.0 Å². The minimum atomic E-state index is -1.09. The van der Waals surface area contributed by atoms with Gasteiger partial charge in [-0.1, -0.05) is 13.8 Å². The summed E-state index contributed by atoms with van der Waals surface area (Å²) in [5, 5.41) is 16.8. The second-order valence-electron chi connectivity index (χ2n) is 6.81. The minimum absolute atomic E-state index is 0.0842. The number of hydrogen-bond donors (Lipinski definition) is 2. The van der Waals surface area contributed by atoms with E-state index in [9.17, 15) is 19.7 Å². The van der Waals surface area contributed by atoms with Gasteiger partial charge in [0, 0.05) is 5.70 Å². The summed E-state index contributed by atoms with van der Waals surface area (Å²) in [5.74, 6) is -0.135. The first-order chi connectivity index (χ1) is 13.7. The molecule has 0 bridgehead atoms. The van der Waals surface area contributed by atoms with Crippen LogP contribution in [0.4, 0.5) is 10.5 Å². The molecule has 0 aromatic heterocycles. The quantitative estimate of drug-likeness (QED) is 0.385. The second kappa shape index (κ2) is 9.26. The minimum Gasteiger partial charge on any atom is -0.493 e. The predicted molar refractivity (Wildman–Crippen MR) is 104 cm³/mol. The monoisotopic (exact) mass is 407 g/mol. The summed E-state index contributed by atoms with van der Waals surface area (Å²) in [4.78, 5) is 35.9. The molecule has 0 spiro atoms. The third kappa shape index (κ3) is 4.95. The lowest BCUT2D eigenvalue weighted by molar-refractivity contribution is -0.385. The van der Waals surface area contributed by atoms with Crippen molar-refractivity contribution >= 4 is 17.7 Å². The van der Waals surface area contributed by atoms with Crippen molar-refractivity contribution in [3.8, 4) is 11.5 Å². The molecule has 0 fully saturated rings. The van der Waals surface area contributed by atoms with Crippen LogP contribution in [-0.2, 0) is 9.53 Å². The highest BCUT2D eigenvalue weighted by atomic mass is 16.6. The highest BCUT2D eigenvalue weighted by Crippen LogP contribution is 2.40. The van der Waals surface area contributed by atoms with E-state index in [1.165, 1.54) is 26.2 Å². The maximum absolute atomic E-state index is 12.7. The van der Waals surface area contributed by atoms with Crippen LogP contribution in [0.15, 0.2) is 23.4 Å². The van der Waals surface area contributed by atoms with Gasteiger partial charge in [0.2, 0.25) is 0 Å². The lowest BCUT2D eigenvalue weighted by Crippen LogP contribution is -2.45. The predicted octanol–water partition coefficient (Wildman–Crippen LogP) is 2.83. The number of urea groups is 1. The van der Waals surface area contributed by atoms with Crippen LogP contribution < -0.4 is 20.1 Å². The van der Waals surface area contributed by atoms with Gasteiger partial charge in [-0.15, -0.1) is 0 Å². The summed E-state index contributed by atoms with van der Waals surface area (Å²) in [6, 6.07) is 0.936. The number of carbonyl (C=O) groups excluding carboxylic acids is 2. The number of amides is 2. The molecule has 0 saturated carbocycles. The van der Waals surface area contributed by atoms with Crippen molar-refractivity contribution < 1.29 is 28.7 Å². The number of hydrogen-bond acceptors (Lipinski definition) is 7. The number of allylic oxidation sites excluding steroid dienone is 1. The summed E-state index contributed by atoms with van der Waals surface area (Å²) >= 11 is 0. The average Bonchev–Trinajstić information content (AvgIpc) is 2.65. The number of nitrogens with one attached hydrogen (secondary N) is 2. The van der Waals surface area contributed by atoms with Crippen LogP contribution in [0.25, 0.3) is 0 Å². The van der Waals surface area contributed by atoms with Crippen LogP contribution in [-0.4, -0.2) is 37.2 Å². The summed E-state index contributed by atoms with van der Waals surface area (Å²) in [7, 11) is 1.37. The van der Waals surface area contributed by atoms with Gasteiger partial charge in [-0.25, -0.2) is 9.59 Å². The Morgan fingerprint density at radius 1 is 1.31 bits per heavy atom. The Balaban J connectivity index is 2.62. The zero-order chi connectivity index (χ0) is 21.7. The van der Waals surface area contributed by atoms with Crippen LogP contribution in [0.1, 0.15) is 39.3 Å². The van der Waals surface area contributed by atoms with E-state index in [0.717, 1.165) is 0 Å². The molecule has 2 rings (SSSR count). The maximum atomic E-state index is 12.7. The standard InChI is InChI=1S/C19H25N3O7/c1-6-28-15-7-12(13(22(25)26)8-14(15)27-5)17-16(11(4)20-19(24)21-17)18(23)29-9-10(2)3/h7-8,10,17H,6,9H2,1-5H3,(H2,20,21,24). The molecule has 1 aliphatic heterocycles. The molecule has 158 valence electrons. The molecule has 29 heavy (non-hydrogen) atoms. The number of nitro groups is 1. The number of esters is 1. The average molecular weight is 407 g/mol. The van der Waals surface area contributed by atoms with E-state index in [-0.39, 0.29) is 46.5 Å². The highest BCUT2D eigenvalue weighted by molar-refractivity contribution is 5.95. The first kappa shape index (κ1) is 22.0. The highest BCUT2D eigenvalue weighted by Gasteiger charge is 2.37. The number of methoxy groups -OCH3 is 1. The molecular weight excluding hydrogens is 382 g/mol. The Labute approximate surface area is 168 Å². The Morgan fingerprint density at radius 3 is 2.55 bits per heavy atom. The van der Waals surface area contributed by atoms with Crippen molar-refractivity contribution in [3.63, 3.8) is 0 Å². The van der Waals surface area contributed by atoms with Crippen molar-refractivity contribution in [2.45, 2.75) is 33.7 Å². The van der Waals surface area contributed by atoms with E-state index >= 15 is 0 Å². The largest absolute Gasteiger partial charge is 0.493 e. The molecule has 1 aliphatic rings. The fourth-order valence-corrected chi connectivity index (χ4v) is 2.90. The zero-order valence-electron chi connectivity index (χ0n) is 17.0. The number of benzene rings is 1. The van der Waals surface area contributed by atoms with Gasteiger partial charge in [-0.3, -0.25) is 10.1 Å². The van der Waals surface area contributed by atoms with Crippen molar-refractivity contribution in [1.29, 1.82) is 0 Å². The molecule has 2 N–H and O–H groups in total. The number of rotatable bonds is 8. The summed E-state index contributed by atoms with van der Waals surface area (Å²) < 4.78 is 16.0. The smallest absolute Gasteiger partial charge is 0.338 e. The molecule has 0 radical (unpaired) electrons. The second-order valence-corrected chi connectivity index (χ2v) is 6.81. The zero-order valence-corrected chi connectivity index (χ0v) is 17.0. The van der Waals surface area contributed by atoms with Crippen molar-refractivity contribution in [1.82, 2.24) is 10.6 Å². The van der Waals surface area contributed by atoms with Gasteiger partial charge in [0.15, 0.2) is 11.5 Å². The van der Waals surface area contributed by atoms with Gasteiger partial charge >= 0.3 is 12.0 Å². The summed E-state index contributed by atoms with van der Waals surface area (Å²) in [6.45, 7) is 7.53. The third-order valence-electron chi connectivity index (χ3n) is 4.16. The lowest BCUT2D eigenvalue weighted by atomic mass is 9.93. The number of carbonyl (C=O) groups is 2. The topological polar surface area (TPSA) is 129 Å². The van der Waals surface area contributed by atoms with Crippen LogP contribution in [0.2, 0.25) is 0 Å². The van der Waals surface area contributed by atoms with Crippen molar-refractivity contribution in [2.75, 3.05) is 20.3 Å². The third-order valence-corrected chi connectivity index (χ3v) is 4.16. The van der Waals surface area contributed by atoms with E-state index in [0.29, 0.717) is 6.61 Å².